The Labute approximate surface area is 226 Å². The van der Waals surface area contributed by atoms with Crippen LogP contribution in [-0.4, -0.2) is 37.2 Å². The second kappa shape index (κ2) is 13.2. The highest BCUT2D eigenvalue weighted by atomic mass is 35.5. The number of carbonyl (C=O) groups is 2. The number of halogens is 1. The number of ether oxygens (including phenoxy) is 2. The first-order chi connectivity index (χ1) is 17.6. The van der Waals surface area contributed by atoms with E-state index in [0.29, 0.717) is 23.3 Å². The highest BCUT2D eigenvalue weighted by Crippen LogP contribution is 2.34. The molecule has 1 aliphatic rings. The number of amides is 1. The van der Waals surface area contributed by atoms with Crippen LogP contribution in [0.5, 0.6) is 5.75 Å². The quantitative estimate of drug-likeness (QED) is 0.337. The molecule has 2 aromatic carbocycles. The third-order valence-electron chi connectivity index (χ3n) is 6.53. The van der Waals surface area contributed by atoms with E-state index in [0.717, 1.165) is 30.6 Å². The second-order valence-corrected chi connectivity index (χ2v) is 11.1. The van der Waals surface area contributed by atoms with Crippen molar-refractivity contribution in [1.29, 1.82) is 0 Å². The number of hydrogen-bond donors (Lipinski definition) is 1. The molecule has 1 amide bonds. The molecule has 0 saturated carbocycles. The summed E-state index contributed by atoms with van der Waals surface area (Å²) in [5, 5.41) is 3.97. The van der Waals surface area contributed by atoms with E-state index in [4.69, 9.17) is 21.1 Å². The molecule has 0 spiro atoms. The van der Waals surface area contributed by atoms with Gasteiger partial charge in [0.1, 0.15) is 5.75 Å². The Bertz CT molecular complexity index is 1050. The standard InChI is InChI=1S/C30H41ClN2O4/c1-6-36-29(35)30(4,5)37-24-13-10-22(11-14-24)19-28(34)32-26(18-21(2)3)25-20-23(31)12-15-27(25)33-16-8-7-9-17-33/h10-15,20-21,26H,6-9,16-19H2,1-5H3,(H,32,34). The van der Waals surface area contributed by atoms with Crippen LogP contribution in [0.25, 0.3) is 0 Å². The fourth-order valence-electron chi connectivity index (χ4n) is 4.71. The molecule has 0 aromatic heterocycles. The third-order valence-corrected chi connectivity index (χ3v) is 6.77. The minimum atomic E-state index is -1.10. The Morgan fingerprint density at radius 2 is 1.73 bits per heavy atom. The SMILES string of the molecule is CCOC(=O)C(C)(C)Oc1ccc(CC(=O)NC(CC(C)C)c2cc(Cl)ccc2N2CCCCC2)cc1. The summed E-state index contributed by atoms with van der Waals surface area (Å²) in [6.45, 7) is 11.8. The van der Waals surface area contributed by atoms with Gasteiger partial charge in [0.25, 0.3) is 0 Å². The van der Waals surface area contributed by atoms with Crippen LogP contribution >= 0.6 is 11.6 Å². The Morgan fingerprint density at radius 3 is 2.35 bits per heavy atom. The fourth-order valence-corrected chi connectivity index (χ4v) is 4.89. The molecule has 1 atom stereocenters. The Balaban J connectivity index is 1.71. The number of nitrogens with one attached hydrogen (secondary N) is 1. The zero-order valence-corrected chi connectivity index (χ0v) is 23.6. The van der Waals surface area contributed by atoms with Crippen molar-refractivity contribution in [2.24, 2.45) is 5.92 Å². The predicted octanol–water partition coefficient (Wildman–Crippen LogP) is 6.50. The highest BCUT2D eigenvalue weighted by molar-refractivity contribution is 6.30. The molecule has 202 valence electrons. The number of piperidine rings is 1. The van der Waals surface area contributed by atoms with Crippen LogP contribution in [0.2, 0.25) is 5.02 Å². The van der Waals surface area contributed by atoms with Crippen LogP contribution in [0, 0.1) is 5.92 Å². The number of rotatable bonds is 11. The van der Waals surface area contributed by atoms with Crippen LogP contribution in [-0.2, 0) is 20.7 Å². The first kappa shape index (κ1) is 28.8. The van der Waals surface area contributed by atoms with Gasteiger partial charge < -0.3 is 19.7 Å². The number of benzene rings is 2. The predicted molar refractivity (Wildman–Crippen MR) is 149 cm³/mol. The zero-order chi connectivity index (χ0) is 27.0. The van der Waals surface area contributed by atoms with Crippen molar-refractivity contribution in [3.63, 3.8) is 0 Å². The van der Waals surface area contributed by atoms with Gasteiger partial charge in [0.05, 0.1) is 19.1 Å². The van der Waals surface area contributed by atoms with Crippen molar-refractivity contribution in [2.45, 2.75) is 78.4 Å². The number of carbonyl (C=O) groups excluding carboxylic acids is 2. The van der Waals surface area contributed by atoms with Gasteiger partial charge in [-0.3, -0.25) is 4.79 Å². The lowest BCUT2D eigenvalue weighted by molar-refractivity contribution is -0.158. The highest BCUT2D eigenvalue weighted by Gasteiger charge is 2.31. The van der Waals surface area contributed by atoms with E-state index in [1.54, 1.807) is 32.9 Å². The summed E-state index contributed by atoms with van der Waals surface area (Å²) < 4.78 is 10.9. The molecule has 1 heterocycles. The maximum Gasteiger partial charge on any atom is 0.349 e. The van der Waals surface area contributed by atoms with E-state index in [-0.39, 0.29) is 18.4 Å². The molecule has 1 aliphatic heterocycles. The van der Waals surface area contributed by atoms with Crippen LogP contribution in [0.3, 0.4) is 0 Å². The molecule has 6 nitrogen and oxygen atoms in total. The monoisotopic (exact) mass is 528 g/mol. The average molecular weight is 529 g/mol. The average Bonchev–Trinajstić information content (AvgIpc) is 2.85. The molecule has 0 radical (unpaired) electrons. The summed E-state index contributed by atoms with van der Waals surface area (Å²) in [6.07, 6.45) is 4.69. The Kier molecular flexibility index (Phi) is 10.3. The number of nitrogens with zero attached hydrogens (tertiary/aromatic N) is 1. The van der Waals surface area contributed by atoms with E-state index in [1.165, 1.54) is 24.9 Å². The van der Waals surface area contributed by atoms with Gasteiger partial charge in [-0.25, -0.2) is 4.79 Å². The van der Waals surface area contributed by atoms with Crippen molar-refractivity contribution in [3.8, 4) is 5.75 Å². The summed E-state index contributed by atoms with van der Waals surface area (Å²) in [4.78, 5) is 27.7. The van der Waals surface area contributed by atoms with Gasteiger partial charge in [-0.1, -0.05) is 37.6 Å². The maximum atomic E-state index is 13.2. The lowest BCUT2D eigenvalue weighted by Crippen LogP contribution is -2.39. The fraction of sp³-hybridized carbons (Fsp3) is 0.533. The molecule has 37 heavy (non-hydrogen) atoms. The van der Waals surface area contributed by atoms with Gasteiger partial charge in [-0.05, 0) is 93.8 Å². The summed E-state index contributed by atoms with van der Waals surface area (Å²) in [6, 6.07) is 13.2. The Morgan fingerprint density at radius 1 is 1.05 bits per heavy atom. The van der Waals surface area contributed by atoms with E-state index < -0.39 is 11.6 Å². The molecule has 1 unspecified atom stereocenters. The van der Waals surface area contributed by atoms with Gasteiger partial charge in [0.2, 0.25) is 5.91 Å². The van der Waals surface area contributed by atoms with Gasteiger partial charge in [0, 0.05) is 23.8 Å². The Hall–Kier alpha value is -2.73. The molecule has 7 heteroatoms. The van der Waals surface area contributed by atoms with Gasteiger partial charge >= 0.3 is 5.97 Å². The van der Waals surface area contributed by atoms with Crippen molar-refractivity contribution in [1.82, 2.24) is 5.32 Å². The maximum absolute atomic E-state index is 13.2. The number of hydrogen-bond acceptors (Lipinski definition) is 5. The molecule has 0 aliphatic carbocycles. The largest absolute Gasteiger partial charge is 0.476 e. The minimum absolute atomic E-state index is 0.0456. The zero-order valence-electron chi connectivity index (χ0n) is 22.8. The van der Waals surface area contributed by atoms with Crippen molar-refractivity contribution >= 4 is 29.2 Å². The lowest BCUT2D eigenvalue weighted by atomic mass is 9.94. The first-order valence-electron chi connectivity index (χ1n) is 13.4. The molecule has 1 N–H and O–H groups in total. The normalized spacial score (nSPS) is 14.8. The molecule has 0 bridgehead atoms. The van der Waals surface area contributed by atoms with Gasteiger partial charge in [0.15, 0.2) is 5.60 Å². The molecule has 3 rings (SSSR count). The van der Waals surface area contributed by atoms with Crippen LogP contribution in [0.15, 0.2) is 42.5 Å². The number of esters is 1. The van der Waals surface area contributed by atoms with Crippen molar-refractivity contribution in [3.05, 3.63) is 58.6 Å². The van der Waals surface area contributed by atoms with E-state index >= 15 is 0 Å². The third kappa shape index (κ3) is 8.39. The molecule has 1 fully saturated rings. The lowest BCUT2D eigenvalue weighted by Gasteiger charge is -2.33. The van der Waals surface area contributed by atoms with Crippen molar-refractivity contribution < 1.29 is 19.1 Å². The first-order valence-corrected chi connectivity index (χ1v) is 13.8. The smallest absolute Gasteiger partial charge is 0.349 e. The summed E-state index contributed by atoms with van der Waals surface area (Å²) in [7, 11) is 0. The molecule has 1 saturated heterocycles. The summed E-state index contributed by atoms with van der Waals surface area (Å²) in [5.74, 6) is 0.484. The topological polar surface area (TPSA) is 67.9 Å². The minimum Gasteiger partial charge on any atom is -0.476 e. The molecular formula is C30H41ClN2O4. The van der Waals surface area contributed by atoms with Crippen molar-refractivity contribution in [2.75, 3.05) is 24.6 Å². The molecule has 2 aromatic rings. The van der Waals surface area contributed by atoms with Crippen LogP contribution < -0.4 is 15.0 Å². The van der Waals surface area contributed by atoms with Crippen LogP contribution in [0.4, 0.5) is 5.69 Å². The summed E-state index contributed by atoms with van der Waals surface area (Å²) >= 11 is 6.43. The van der Waals surface area contributed by atoms with Gasteiger partial charge in [-0.15, -0.1) is 0 Å². The van der Waals surface area contributed by atoms with Gasteiger partial charge in [-0.2, -0.15) is 0 Å². The summed E-state index contributed by atoms with van der Waals surface area (Å²) in [5.41, 5.74) is 2.02. The van der Waals surface area contributed by atoms with Crippen LogP contribution in [0.1, 0.15) is 77.5 Å². The van der Waals surface area contributed by atoms with E-state index in [9.17, 15) is 9.59 Å². The van der Waals surface area contributed by atoms with E-state index in [2.05, 4.69) is 30.1 Å². The molecular weight excluding hydrogens is 488 g/mol. The van der Waals surface area contributed by atoms with E-state index in [1.807, 2.05) is 24.3 Å². The second-order valence-electron chi connectivity index (χ2n) is 10.7. The number of anilines is 1.